The third-order valence-corrected chi connectivity index (χ3v) is 4.31. The Morgan fingerprint density at radius 1 is 1.16 bits per heavy atom. The first kappa shape index (κ1) is 15.7. The summed E-state index contributed by atoms with van der Waals surface area (Å²) >= 11 is 0. The van der Waals surface area contributed by atoms with E-state index in [1.54, 1.807) is 13.3 Å². The Kier molecular flexibility index (Phi) is 4.39. The third kappa shape index (κ3) is 3.66. The Morgan fingerprint density at radius 2 is 2.04 bits per heavy atom. The van der Waals surface area contributed by atoms with Crippen molar-refractivity contribution in [3.05, 3.63) is 65.3 Å². The van der Waals surface area contributed by atoms with Gasteiger partial charge in [0.25, 0.3) is 0 Å². The first-order chi connectivity index (χ1) is 12.3. The van der Waals surface area contributed by atoms with Crippen LogP contribution in [-0.2, 0) is 26.1 Å². The van der Waals surface area contributed by atoms with Crippen LogP contribution in [0.25, 0.3) is 0 Å². The molecule has 25 heavy (non-hydrogen) atoms. The van der Waals surface area contributed by atoms with Crippen LogP contribution in [0.15, 0.2) is 41.1 Å². The zero-order chi connectivity index (χ0) is 17.1. The highest BCUT2D eigenvalue weighted by molar-refractivity contribution is 5.46. The number of aryl methyl sites for hydroxylation is 1. The molecular weight excluding hydrogens is 316 g/mol. The fourth-order valence-electron chi connectivity index (χ4n) is 3.09. The fraction of sp³-hybridized carbons (Fsp3) is 0.333. The molecule has 0 aliphatic carbocycles. The van der Waals surface area contributed by atoms with Gasteiger partial charge in [-0.05, 0) is 5.56 Å². The topological polar surface area (TPSA) is 80.0 Å². The summed E-state index contributed by atoms with van der Waals surface area (Å²) in [6.07, 6.45) is 2.55. The van der Waals surface area contributed by atoms with E-state index in [4.69, 9.17) is 4.42 Å². The lowest BCUT2D eigenvalue weighted by Gasteiger charge is -2.29. The first-order valence-electron chi connectivity index (χ1n) is 8.40. The van der Waals surface area contributed by atoms with Gasteiger partial charge in [-0.1, -0.05) is 30.3 Å². The predicted molar refractivity (Wildman–Crippen MR) is 92.7 cm³/mol. The summed E-state index contributed by atoms with van der Waals surface area (Å²) < 4.78 is 5.41. The Morgan fingerprint density at radius 3 is 2.84 bits per heavy atom. The lowest BCUT2D eigenvalue weighted by atomic mass is 10.1. The van der Waals surface area contributed by atoms with Crippen molar-refractivity contribution in [2.24, 2.45) is 0 Å². The molecule has 1 aliphatic heterocycles. The van der Waals surface area contributed by atoms with Gasteiger partial charge in [-0.3, -0.25) is 4.90 Å². The van der Waals surface area contributed by atoms with Gasteiger partial charge in [0.15, 0.2) is 0 Å². The third-order valence-electron chi connectivity index (χ3n) is 4.31. The Bertz CT molecular complexity index is 848. The number of nitrogens with zero attached hydrogens (tertiary/aromatic N) is 5. The molecular formula is C18H20N6O. The average Bonchev–Trinajstić information content (AvgIpc) is 3.06. The van der Waals surface area contributed by atoms with Gasteiger partial charge in [0.05, 0.1) is 12.2 Å². The van der Waals surface area contributed by atoms with Crippen molar-refractivity contribution in [3.63, 3.8) is 0 Å². The minimum absolute atomic E-state index is 0.461. The standard InChI is InChI=1S/C18H20N6O/c1-13-22-23-17(25-13)9-19-18-15-11-24(8-7-16(15)20-12-21-18)10-14-5-3-2-4-6-14/h2-6,12H,7-11H2,1H3,(H,19,20,21). The number of anilines is 1. The van der Waals surface area contributed by atoms with Crippen molar-refractivity contribution in [1.29, 1.82) is 0 Å². The van der Waals surface area contributed by atoms with E-state index < -0.39 is 0 Å². The van der Waals surface area contributed by atoms with Gasteiger partial charge in [-0.15, -0.1) is 10.2 Å². The molecule has 0 bridgehead atoms. The second kappa shape index (κ2) is 6.98. The first-order valence-corrected chi connectivity index (χ1v) is 8.40. The number of aromatic nitrogens is 4. The maximum atomic E-state index is 5.41. The largest absolute Gasteiger partial charge is 0.424 e. The fourth-order valence-corrected chi connectivity index (χ4v) is 3.09. The zero-order valence-corrected chi connectivity index (χ0v) is 14.1. The van der Waals surface area contributed by atoms with Crippen LogP contribution in [0.5, 0.6) is 0 Å². The van der Waals surface area contributed by atoms with Gasteiger partial charge in [0.1, 0.15) is 12.1 Å². The highest BCUT2D eigenvalue weighted by Gasteiger charge is 2.21. The minimum Gasteiger partial charge on any atom is -0.424 e. The van der Waals surface area contributed by atoms with Crippen molar-refractivity contribution in [2.75, 3.05) is 11.9 Å². The van der Waals surface area contributed by atoms with E-state index in [2.05, 4.69) is 54.6 Å². The quantitative estimate of drug-likeness (QED) is 0.766. The normalized spacial score (nSPS) is 14.3. The van der Waals surface area contributed by atoms with Crippen LogP contribution in [0, 0.1) is 6.92 Å². The molecule has 0 unspecified atom stereocenters. The Labute approximate surface area is 146 Å². The number of hydrogen-bond donors (Lipinski definition) is 1. The van der Waals surface area contributed by atoms with Crippen LogP contribution in [-0.4, -0.2) is 31.6 Å². The van der Waals surface area contributed by atoms with Crippen LogP contribution < -0.4 is 5.32 Å². The molecule has 3 heterocycles. The van der Waals surface area contributed by atoms with E-state index in [-0.39, 0.29) is 0 Å². The Hall–Kier alpha value is -2.80. The number of nitrogens with one attached hydrogen (secondary N) is 1. The number of fused-ring (bicyclic) bond motifs is 1. The number of hydrogen-bond acceptors (Lipinski definition) is 7. The Balaban J connectivity index is 1.48. The van der Waals surface area contributed by atoms with Gasteiger partial charge < -0.3 is 9.73 Å². The maximum Gasteiger partial charge on any atom is 0.235 e. The SMILES string of the molecule is Cc1nnc(CNc2ncnc3c2CN(Cc2ccccc2)CC3)o1. The van der Waals surface area contributed by atoms with Crippen LogP contribution in [0.1, 0.15) is 28.6 Å². The van der Waals surface area contributed by atoms with Gasteiger partial charge in [-0.2, -0.15) is 0 Å². The summed E-state index contributed by atoms with van der Waals surface area (Å²) in [5.74, 6) is 1.97. The minimum atomic E-state index is 0.461. The van der Waals surface area contributed by atoms with Crippen LogP contribution >= 0.6 is 0 Å². The molecule has 0 fully saturated rings. The molecule has 0 spiro atoms. The molecule has 1 aromatic carbocycles. The van der Waals surface area contributed by atoms with Gasteiger partial charge in [-0.25, -0.2) is 9.97 Å². The molecule has 4 rings (SSSR count). The lowest BCUT2D eigenvalue weighted by Crippen LogP contribution is -2.31. The number of rotatable bonds is 5. The van der Waals surface area contributed by atoms with E-state index >= 15 is 0 Å². The van der Waals surface area contributed by atoms with Crippen molar-refractivity contribution in [1.82, 2.24) is 25.1 Å². The molecule has 3 aromatic rings. The summed E-state index contributed by atoms with van der Waals surface area (Å²) in [6, 6.07) is 10.5. The molecule has 1 aliphatic rings. The second-order valence-corrected chi connectivity index (χ2v) is 6.16. The summed E-state index contributed by atoms with van der Waals surface area (Å²) in [5, 5.41) is 11.2. The van der Waals surface area contributed by atoms with Crippen LogP contribution in [0.2, 0.25) is 0 Å². The molecule has 128 valence electrons. The van der Waals surface area contributed by atoms with E-state index in [9.17, 15) is 0 Å². The van der Waals surface area contributed by atoms with Crippen molar-refractivity contribution in [2.45, 2.75) is 33.0 Å². The molecule has 1 N–H and O–H groups in total. The molecule has 7 nitrogen and oxygen atoms in total. The van der Waals surface area contributed by atoms with E-state index in [0.29, 0.717) is 18.3 Å². The molecule has 0 radical (unpaired) electrons. The summed E-state index contributed by atoms with van der Waals surface area (Å²) in [7, 11) is 0. The lowest BCUT2D eigenvalue weighted by molar-refractivity contribution is 0.243. The van der Waals surface area contributed by atoms with Gasteiger partial charge in [0.2, 0.25) is 11.8 Å². The molecule has 7 heteroatoms. The van der Waals surface area contributed by atoms with Crippen molar-refractivity contribution in [3.8, 4) is 0 Å². The van der Waals surface area contributed by atoms with E-state index in [1.807, 2.05) is 6.07 Å². The number of benzene rings is 1. The van der Waals surface area contributed by atoms with E-state index in [1.165, 1.54) is 5.56 Å². The molecule has 0 saturated heterocycles. The molecule has 2 aromatic heterocycles. The van der Waals surface area contributed by atoms with E-state index in [0.717, 1.165) is 43.1 Å². The van der Waals surface area contributed by atoms with Gasteiger partial charge >= 0.3 is 0 Å². The molecule has 0 atom stereocenters. The zero-order valence-electron chi connectivity index (χ0n) is 14.1. The monoisotopic (exact) mass is 336 g/mol. The smallest absolute Gasteiger partial charge is 0.235 e. The summed E-state index contributed by atoms with van der Waals surface area (Å²) in [5.41, 5.74) is 3.59. The highest BCUT2D eigenvalue weighted by Crippen LogP contribution is 2.24. The van der Waals surface area contributed by atoms with Crippen molar-refractivity contribution >= 4 is 5.82 Å². The second-order valence-electron chi connectivity index (χ2n) is 6.16. The highest BCUT2D eigenvalue weighted by atomic mass is 16.4. The van der Waals surface area contributed by atoms with Crippen molar-refractivity contribution < 1.29 is 4.42 Å². The molecule has 0 saturated carbocycles. The molecule has 0 amide bonds. The maximum absolute atomic E-state index is 5.41. The van der Waals surface area contributed by atoms with Gasteiger partial charge in [0, 0.05) is 38.5 Å². The summed E-state index contributed by atoms with van der Waals surface area (Å²) in [6.45, 7) is 5.00. The average molecular weight is 336 g/mol. The predicted octanol–water partition coefficient (Wildman–Crippen LogP) is 2.34. The van der Waals surface area contributed by atoms with Crippen LogP contribution in [0.4, 0.5) is 5.82 Å². The van der Waals surface area contributed by atoms with Crippen LogP contribution in [0.3, 0.4) is 0 Å². The summed E-state index contributed by atoms with van der Waals surface area (Å²) in [4.78, 5) is 11.3.